The van der Waals surface area contributed by atoms with Gasteiger partial charge in [-0.15, -0.1) is 0 Å². The normalized spacial score (nSPS) is 35.3. The van der Waals surface area contributed by atoms with Crippen LogP contribution in [-0.2, 0) is 22.9 Å². The predicted octanol–water partition coefficient (Wildman–Crippen LogP) is 1.68. The average Bonchev–Trinajstić information content (AvgIpc) is 3.29. The molecular formula is C19H22N5O7P. The maximum absolute atomic E-state index is 13.2. The summed E-state index contributed by atoms with van der Waals surface area (Å²) in [4.78, 5) is 12.2. The van der Waals surface area contributed by atoms with E-state index in [0.717, 1.165) is 0 Å². The van der Waals surface area contributed by atoms with Crippen molar-refractivity contribution in [1.82, 2.24) is 19.5 Å². The van der Waals surface area contributed by atoms with E-state index in [1.807, 2.05) is 0 Å². The molecule has 0 aromatic carbocycles. The van der Waals surface area contributed by atoms with Crippen LogP contribution in [0.25, 0.3) is 11.0 Å². The van der Waals surface area contributed by atoms with Crippen molar-refractivity contribution in [2.24, 2.45) is 0 Å². The van der Waals surface area contributed by atoms with E-state index in [4.69, 9.17) is 24.0 Å². The Morgan fingerprint density at radius 1 is 1.38 bits per heavy atom. The smallest absolute Gasteiger partial charge is 0.385 e. The van der Waals surface area contributed by atoms with E-state index < -0.39 is 38.1 Å². The highest BCUT2D eigenvalue weighted by atomic mass is 31.2. The molecule has 2 unspecified atom stereocenters. The summed E-state index contributed by atoms with van der Waals surface area (Å²) in [5.41, 5.74) is 5.16. The van der Waals surface area contributed by atoms with Crippen LogP contribution in [0, 0.1) is 0 Å². The van der Waals surface area contributed by atoms with Gasteiger partial charge in [-0.1, -0.05) is 6.07 Å². The van der Waals surface area contributed by atoms with Crippen LogP contribution in [-0.4, -0.2) is 54.3 Å². The number of ether oxygens (including phenoxy) is 1. The molecule has 32 heavy (non-hydrogen) atoms. The highest BCUT2D eigenvalue weighted by molar-refractivity contribution is 7.48. The number of aliphatic hydroxyl groups excluding tert-OH is 1. The fraction of sp³-hybridized carbons (Fsp3) is 0.421. The Hall–Kier alpha value is -2.44. The lowest BCUT2D eigenvalue weighted by atomic mass is 9.99. The lowest BCUT2D eigenvalue weighted by Crippen LogP contribution is -2.44. The molecule has 0 aliphatic carbocycles. The average molecular weight is 463 g/mol. The summed E-state index contributed by atoms with van der Waals surface area (Å²) >= 11 is 0. The second-order valence-corrected chi connectivity index (χ2v) is 9.38. The molecule has 5 heterocycles. The van der Waals surface area contributed by atoms with Gasteiger partial charge in [-0.3, -0.25) is 18.6 Å². The van der Waals surface area contributed by atoms with Crippen molar-refractivity contribution in [3.8, 4) is 0 Å². The van der Waals surface area contributed by atoms with Gasteiger partial charge in [0.15, 0.2) is 6.23 Å². The molecule has 2 saturated heterocycles. The fourth-order valence-corrected chi connectivity index (χ4v) is 5.32. The first-order chi connectivity index (χ1) is 15.3. The third-order valence-corrected chi connectivity index (χ3v) is 7.06. The quantitative estimate of drug-likeness (QED) is 0.482. The summed E-state index contributed by atoms with van der Waals surface area (Å²) in [6.45, 7) is 1.48. The number of aromatic nitrogens is 4. The summed E-state index contributed by atoms with van der Waals surface area (Å²) in [6.07, 6.45) is 1.79. The topological polar surface area (TPSA) is 164 Å². The summed E-state index contributed by atoms with van der Waals surface area (Å²) in [7, 11) is -4.12. The molecule has 2 fully saturated rings. The molecule has 2 aliphatic rings. The van der Waals surface area contributed by atoms with Crippen LogP contribution in [0.3, 0.4) is 0 Å². The molecule has 3 aromatic heterocycles. The number of hydrogen-bond donors (Lipinski definition) is 3. The van der Waals surface area contributed by atoms with Gasteiger partial charge in [-0.2, -0.15) is 0 Å². The highest BCUT2D eigenvalue weighted by Crippen LogP contribution is 2.59. The number of nitrogens with zero attached hydrogens (tertiary/aromatic N) is 4. The Labute approximate surface area is 182 Å². The molecule has 170 valence electrons. The third kappa shape index (κ3) is 3.59. The van der Waals surface area contributed by atoms with E-state index in [9.17, 15) is 14.8 Å². The van der Waals surface area contributed by atoms with Crippen molar-refractivity contribution in [1.29, 1.82) is 0 Å². The Morgan fingerprint density at radius 3 is 3.00 bits per heavy atom. The third-order valence-electron chi connectivity index (χ3n) is 5.59. The van der Waals surface area contributed by atoms with Crippen LogP contribution in [0.5, 0.6) is 0 Å². The van der Waals surface area contributed by atoms with Crippen molar-refractivity contribution in [2.75, 3.05) is 12.3 Å². The molecule has 4 N–H and O–H groups in total. The Morgan fingerprint density at radius 2 is 2.22 bits per heavy atom. The van der Waals surface area contributed by atoms with Gasteiger partial charge in [0, 0.05) is 25.0 Å². The highest BCUT2D eigenvalue weighted by Gasteiger charge is 2.56. The van der Waals surface area contributed by atoms with Gasteiger partial charge in [0.25, 0.3) is 0 Å². The van der Waals surface area contributed by atoms with Gasteiger partial charge in [0.1, 0.15) is 29.5 Å². The Kier molecular flexibility index (Phi) is 5.25. The van der Waals surface area contributed by atoms with Crippen LogP contribution in [0.4, 0.5) is 5.82 Å². The van der Waals surface area contributed by atoms with Crippen molar-refractivity contribution in [3.63, 3.8) is 0 Å². The van der Waals surface area contributed by atoms with Crippen LogP contribution in [0.1, 0.15) is 31.2 Å². The largest absolute Gasteiger partial charge is 0.477 e. The predicted molar refractivity (Wildman–Crippen MR) is 110 cm³/mol. The van der Waals surface area contributed by atoms with Gasteiger partial charge in [-0.05, 0) is 24.6 Å². The molecule has 3 aromatic rings. The van der Waals surface area contributed by atoms with Gasteiger partial charge in [0.05, 0.1) is 18.1 Å². The zero-order valence-corrected chi connectivity index (χ0v) is 17.9. The molecule has 0 bridgehead atoms. The Balaban J connectivity index is 1.39. The number of pyridine rings is 1. The zero-order chi connectivity index (χ0) is 22.5. The molecule has 0 amide bonds. The number of anilines is 1. The van der Waals surface area contributed by atoms with E-state index >= 15 is 0 Å². The van der Waals surface area contributed by atoms with E-state index in [2.05, 4.69) is 15.0 Å². The zero-order valence-electron chi connectivity index (χ0n) is 17.0. The van der Waals surface area contributed by atoms with Crippen molar-refractivity contribution in [3.05, 3.63) is 48.7 Å². The van der Waals surface area contributed by atoms with Crippen LogP contribution in [0.15, 0.2) is 43.1 Å². The summed E-state index contributed by atoms with van der Waals surface area (Å²) in [5.74, 6) is 0.259. The minimum Gasteiger partial charge on any atom is -0.385 e. The second-order valence-electron chi connectivity index (χ2n) is 7.80. The number of rotatable bonds is 4. The molecule has 0 saturated carbocycles. The molecular weight excluding hydrogens is 441 g/mol. The SMILES string of the molecule is C[C@@]1(O)[C@H](O)C(OP2(=O)OCC[C@H](c3cccnc3)O2)O[C@H]1n1ccc2c(N)ncnc21. The maximum Gasteiger partial charge on any atom is 0.477 e. The van der Waals surface area contributed by atoms with Gasteiger partial charge in [0.2, 0.25) is 6.29 Å². The van der Waals surface area contributed by atoms with Crippen LogP contribution < -0.4 is 5.73 Å². The molecule has 2 aliphatic heterocycles. The monoisotopic (exact) mass is 463 g/mol. The molecule has 13 heteroatoms. The van der Waals surface area contributed by atoms with Gasteiger partial charge in [-0.25, -0.2) is 14.5 Å². The van der Waals surface area contributed by atoms with E-state index in [0.29, 0.717) is 23.0 Å². The number of hydrogen-bond acceptors (Lipinski definition) is 11. The number of nitrogens with two attached hydrogens (primary N) is 1. The number of fused-ring (bicyclic) bond motifs is 1. The molecule has 5 rings (SSSR count). The van der Waals surface area contributed by atoms with Crippen molar-refractivity contribution in [2.45, 2.75) is 43.7 Å². The number of aliphatic hydroxyl groups is 2. The molecule has 0 spiro atoms. The number of phosphoric ester groups is 1. The minimum atomic E-state index is -4.12. The standard InChI is InChI=1S/C19H22N5O7P/c1-19(26)14(25)17(29-18(19)24-7-4-12-15(20)22-10-23-16(12)24)31-32(27)28-8-5-13(30-32)11-3-2-6-21-9-11/h2-4,6-7,9-10,13-14,17-18,25-26H,5,8H2,1H3,(H2,20,22,23)/t13-,14-,17?,18-,19-,32?/m1/s1. The maximum atomic E-state index is 13.2. The summed E-state index contributed by atoms with van der Waals surface area (Å²) < 4.78 is 36.8. The first-order valence-corrected chi connectivity index (χ1v) is 11.4. The van der Waals surface area contributed by atoms with Crippen molar-refractivity contribution < 1.29 is 33.1 Å². The fourth-order valence-electron chi connectivity index (χ4n) is 3.86. The van der Waals surface area contributed by atoms with Crippen molar-refractivity contribution >= 4 is 24.7 Å². The first kappa shape index (κ1) is 21.4. The lowest BCUT2D eigenvalue weighted by molar-refractivity contribution is -0.145. The van der Waals surface area contributed by atoms with E-state index in [1.165, 1.54) is 17.8 Å². The van der Waals surface area contributed by atoms with E-state index in [-0.39, 0.29) is 12.4 Å². The number of nitrogen functional groups attached to an aromatic ring is 1. The van der Waals surface area contributed by atoms with Gasteiger partial charge >= 0.3 is 7.82 Å². The molecule has 0 radical (unpaired) electrons. The second kappa shape index (κ2) is 7.85. The summed E-state index contributed by atoms with van der Waals surface area (Å²) in [5, 5.41) is 22.3. The van der Waals surface area contributed by atoms with E-state index in [1.54, 1.807) is 36.8 Å². The van der Waals surface area contributed by atoms with Gasteiger partial charge < -0.3 is 25.3 Å². The first-order valence-electron chi connectivity index (χ1n) is 9.93. The number of phosphoric acid groups is 1. The lowest BCUT2D eigenvalue weighted by Gasteiger charge is -2.31. The minimum absolute atomic E-state index is 0.109. The van der Waals surface area contributed by atoms with Crippen LogP contribution in [0.2, 0.25) is 0 Å². The molecule has 6 atom stereocenters. The molecule has 12 nitrogen and oxygen atoms in total. The summed E-state index contributed by atoms with van der Waals surface area (Å²) in [6, 6.07) is 5.20. The Bertz CT molecular complexity index is 1170. The van der Waals surface area contributed by atoms with Crippen LogP contribution >= 0.6 is 7.82 Å².